The van der Waals surface area contributed by atoms with Crippen molar-refractivity contribution in [3.63, 3.8) is 0 Å². The lowest BCUT2D eigenvalue weighted by Gasteiger charge is -2.22. The molecule has 2 aliphatic heterocycles. The Labute approximate surface area is 266 Å². The number of nitrogens with one attached hydrogen (secondary N) is 1. The van der Waals surface area contributed by atoms with Crippen molar-refractivity contribution in [3.8, 4) is 34.8 Å². The summed E-state index contributed by atoms with van der Waals surface area (Å²) >= 11 is 0. The number of carbonyl (C=O) groups is 2. The van der Waals surface area contributed by atoms with E-state index in [0.717, 1.165) is 5.56 Å². The molecule has 2 aromatic carbocycles. The molecule has 0 bridgehead atoms. The lowest BCUT2D eigenvalue weighted by molar-refractivity contribution is -0.389. The van der Waals surface area contributed by atoms with E-state index in [0.29, 0.717) is 5.75 Å². The van der Waals surface area contributed by atoms with E-state index in [-0.39, 0.29) is 79.3 Å². The van der Waals surface area contributed by atoms with Gasteiger partial charge < -0.3 is 39.1 Å². The van der Waals surface area contributed by atoms with E-state index in [4.69, 9.17) is 23.7 Å². The monoisotopic (exact) mass is 649 g/mol. The Kier molecular flexibility index (Phi) is 8.68. The number of nitro groups is 1. The molecule has 1 N–H and O–H groups in total. The van der Waals surface area contributed by atoms with Gasteiger partial charge in [-0.25, -0.2) is 14.2 Å². The van der Waals surface area contributed by atoms with Crippen molar-refractivity contribution in [3.05, 3.63) is 76.4 Å². The highest BCUT2D eigenvalue weighted by molar-refractivity contribution is 5.90. The number of imidazole rings is 1. The Hall–Kier alpha value is -6.00. The molecule has 244 valence electrons. The number of nitrogens with zero attached hydrogens (tertiary/aromatic N) is 6. The predicted molar refractivity (Wildman–Crippen MR) is 160 cm³/mol. The molecule has 1 unspecified atom stereocenters. The van der Waals surface area contributed by atoms with Crippen LogP contribution in [-0.4, -0.2) is 75.5 Å². The van der Waals surface area contributed by atoms with E-state index >= 15 is 4.39 Å². The molecule has 2 atom stereocenters. The van der Waals surface area contributed by atoms with Crippen LogP contribution in [0.3, 0.4) is 0 Å². The zero-order chi connectivity index (χ0) is 33.1. The number of halogens is 1. The van der Waals surface area contributed by atoms with Crippen LogP contribution >= 0.6 is 0 Å². The largest absolute Gasteiger partial charge is 0.497 e. The smallest absolute Gasteiger partial charge is 0.414 e. The van der Waals surface area contributed by atoms with Crippen LogP contribution in [-0.2, 0) is 22.7 Å². The minimum absolute atomic E-state index is 0.0177. The van der Waals surface area contributed by atoms with Gasteiger partial charge in [0.2, 0.25) is 11.8 Å². The van der Waals surface area contributed by atoms with Gasteiger partial charge in [0, 0.05) is 23.7 Å². The second-order valence-electron chi connectivity index (χ2n) is 10.6. The van der Waals surface area contributed by atoms with Crippen molar-refractivity contribution in [1.82, 2.24) is 24.8 Å². The van der Waals surface area contributed by atoms with Crippen molar-refractivity contribution in [2.24, 2.45) is 0 Å². The van der Waals surface area contributed by atoms with Gasteiger partial charge in [-0.3, -0.25) is 14.3 Å². The van der Waals surface area contributed by atoms with Crippen LogP contribution in [0.25, 0.3) is 11.1 Å². The summed E-state index contributed by atoms with van der Waals surface area (Å²) in [6.07, 6.45) is 0.731. The van der Waals surface area contributed by atoms with Gasteiger partial charge in [0.05, 0.1) is 38.0 Å². The summed E-state index contributed by atoms with van der Waals surface area (Å²) in [6.45, 7) is 1.90. The van der Waals surface area contributed by atoms with E-state index in [1.807, 2.05) is 12.1 Å². The molecule has 2 aliphatic rings. The van der Waals surface area contributed by atoms with Crippen LogP contribution in [0.2, 0.25) is 0 Å². The average Bonchev–Trinajstić information content (AvgIpc) is 3.66. The first-order valence-corrected chi connectivity index (χ1v) is 14.3. The Morgan fingerprint density at radius 2 is 1.98 bits per heavy atom. The number of anilines is 1. The third-order valence-corrected chi connectivity index (χ3v) is 7.26. The first-order chi connectivity index (χ1) is 22.7. The Bertz CT molecular complexity index is 1820. The first kappa shape index (κ1) is 31.0. The Balaban J connectivity index is 1.24. The maximum Gasteiger partial charge on any atom is 0.414 e. The summed E-state index contributed by atoms with van der Waals surface area (Å²) < 4.78 is 45.2. The molecule has 6 rings (SSSR count). The van der Waals surface area contributed by atoms with E-state index in [1.54, 1.807) is 25.3 Å². The van der Waals surface area contributed by atoms with Crippen LogP contribution in [0.1, 0.15) is 12.5 Å². The summed E-state index contributed by atoms with van der Waals surface area (Å²) in [7, 11) is 1.56. The summed E-state index contributed by atoms with van der Waals surface area (Å²) in [6, 6.07) is 11.4. The molecular weight excluding hydrogens is 621 g/mol. The maximum absolute atomic E-state index is 15.7. The van der Waals surface area contributed by atoms with Gasteiger partial charge in [0.1, 0.15) is 37.1 Å². The highest BCUT2D eigenvalue weighted by Crippen LogP contribution is 2.35. The third kappa shape index (κ3) is 6.98. The minimum Gasteiger partial charge on any atom is -0.497 e. The van der Waals surface area contributed by atoms with Crippen molar-refractivity contribution in [2.75, 3.05) is 31.7 Å². The van der Waals surface area contributed by atoms with Crippen molar-refractivity contribution in [1.29, 1.82) is 0 Å². The fourth-order valence-corrected chi connectivity index (χ4v) is 4.94. The number of aromatic nitrogens is 4. The van der Waals surface area contributed by atoms with E-state index < -0.39 is 29.0 Å². The number of ether oxygens (including phenoxy) is 5. The number of rotatable bonds is 11. The van der Waals surface area contributed by atoms with Gasteiger partial charge >= 0.3 is 23.9 Å². The number of carbonyl (C=O) groups excluding carboxylic acids is 2. The molecule has 17 heteroatoms. The van der Waals surface area contributed by atoms with Crippen LogP contribution in [0.4, 0.5) is 20.7 Å². The zero-order valence-corrected chi connectivity index (χ0v) is 25.1. The van der Waals surface area contributed by atoms with Crippen LogP contribution in [0.15, 0.2) is 54.9 Å². The van der Waals surface area contributed by atoms with Gasteiger partial charge in [-0.2, -0.15) is 4.98 Å². The lowest BCUT2D eigenvalue weighted by Crippen LogP contribution is -2.35. The molecule has 47 heavy (non-hydrogen) atoms. The van der Waals surface area contributed by atoms with Crippen molar-refractivity contribution in [2.45, 2.75) is 32.3 Å². The fraction of sp³-hybridized carbons (Fsp3) is 0.300. The van der Waals surface area contributed by atoms with Crippen LogP contribution in [0.5, 0.6) is 23.7 Å². The number of fused-ring (bicyclic) bond motifs is 1. The summed E-state index contributed by atoms with van der Waals surface area (Å²) in [4.78, 5) is 48.0. The number of cyclic esters (lactones) is 1. The molecular formula is C30H28FN7O9. The average molecular weight is 650 g/mol. The predicted octanol–water partition coefficient (Wildman–Crippen LogP) is 3.28. The molecule has 4 heterocycles. The standard InChI is InChI=1S/C30H28FN7O9/c1-17(39)32-10-21-13-37(30(40)47-21)19-5-8-23(25(31)9-19)24-11-33-28(35-27(24)44-15-18-3-6-20(43-2)7-4-18)46-22-12-36-14-26(38(41)42)34-29(36)45-16-22/h3-9,11,14,21-22H,10,12-13,15-16H2,1-2H3,(H,32,39)/t21?,22-/m0/s1. The summed E-state index contributed by atoms with van der Waals surface area (Å²) in [5.41, 5.74) is 1.36. The number of hydrogen-bond donors (Lipinski definition) is 1. The highest BCUT2D eigenvalue weighted by atomic mass is 19.1. The van der Waals surface area contributed by atoms with Crippen molar-refractivity contribution >= 4 is 23.5 Å². The second kappa shape index (κ2) is 13.2. The van der Waals surface area contributed by atoms with Gasteiger partial charge in [0.15, 0.2) is 6.10 Å². The maximum atomic E-state index is 15.7. The van der Waals surface area contributed by atoms with Gasteiger partial charge in [0.25, 0.3) is 0 Å². The van der Waals surface area contributed by atoms with Gasteiger partial charge in [-0.05, 0) is 40.8 Å². The quantitative estimate of drug-likeness (QED) is 0.185. The number of amides is 2. The third-order valence-electron chi connectivity index (χ3n) is 7.26. The van der Waals surface area contributed by atoms with E-state index in [1.165, 1.54) is 40.9 Å². The first-order valence-electron chi connectivity index (χ1n) is 14.3. The van der Waals surface area contributed by atoms with E-state index in [2.05, 4.69) is 20.3 Å². The van der Waals surface area contributed by atoms with Gasteiger partial charge in [-0.15, -0.1) is 0 Å². The number of hydrogen-bond acceptors (Lipinski definition) is 12. The molecule has 16 nitrogen and oxygen atoms in total. The minimum atomic E-state index is -0.679. The highest BCUT2D eigenvalue weighted by Gasteiger charge is 2.33. The molecule has 0 aliphatic carbocycles. The van der Waals surface area contributed by atoms with Gasteiger partial charge in [-0.1, -0.05) is 12.1 Å². The lowest BCUT2D eigenvalue weighted by atomic mass is 10.1. The topological polar surface area (TPSA) is 182 Å². The SMILES string of the molecule is COc1ccc(COc2nc(O[C@@H]3COc4nc([N+](=O)[O-])cn4C3)ncc2-c2ccc(N3CC(CNC(C)=O)OC3=O)cc2F)cc1. The normalized spacial score (nSPS) is 16.9. The fourth-order valence-electron chi connectivity index (χ4n) is 4.94. The summed E-state index contributed by atoms with van der Waals surface area (Å²) in [5, 5.41) is 13.7. The molecule has 2 aromatic heterocycles. The molecule has 0 saturated carbocycles. The second-order valence-corrected chi connectivity index (χ2v) is 10.6. The number of methoxy groups -OCH3 is 1. The molecule has 0 radical (unpaired) electrons. The Morgan fingerprint density at radius 3 is 2.70 bits per heavy atom. The molecule has 0 spiro atoms. The van der Waals surface area contributed by atoms with Crippen molar-refractivity contribution < 1.29 is 42.6 Å². The molecule has 1 saturated heterocycles. The molecule has 2 amide bonds. The number of benzene rings is 2. The van der Waals surface area contributed by atoms with Crippen LogP contribution < -0.4 is 29.2 Å². The molecule has 1 fully saturated rings. The summed E-state index contributed by atoms with van der Waals surface area (Å²) in [5.74, 6) is -0.607. The van der Waals surface area contributed by atoms with Crippen LogP contribution in [0, 0.1) is 15.9 Å². The molecule has 4 aromatic rings. The zero-order valence-electron chi connectivity index (χ0n) is 25.1. The Morgan fingerprint density at radius 1 is 1.17 bits per heavy atom. The van der Waals surface area contributed by atoms with E-state index in [9.17, 15) is 19.7 Å².